The van der Waals surface area contributed by atoms with Crippen LogP contribution in [0.1, 0.15) is 38.7 Å². The zero-order chi connectivity index (χ0) is 11.4. The second-order valence-electron chi connectivity index (χ2n) is 3.25. The average molecular weight is 208 g/mol. The first-order chi connectivity index (χ1) is 7.35. The summed E-state index contributed by atoms with van der Waals surface area (Å²) in [5.74, 6) is 0. The lowest BCUT2D eigenvalue weighted by atomic mass is 10.2. The molecule has 0 aliphatic heterocycles. The third-order valence-corrected chi connectivity index (χ3v) is 1.87. The largest absolute Gasteiger partial charge is 0.463 e. The predicted molar refractivity (Wildman–Crippen MR) is 62.5 cm³/mol. The number of hydrogen-bond acceptors (Lipinski definition) is 2. The molecule has 15 heavy (non-hydrogen) atoms. The average Bonchev–Trinajstić information content (AvgIpc) is 2.30. The lowest BCUT2D eigenvalue weighted by Gasteiger charge is -1.95. The van der Waals surface area contributed by atoms with Crippen LogP contribution < -0.4 is 0 Å². The Hall–Kier alpha value is -1.31. The van der Waals surface area contributed by atoms with Gasteiger partial charge in [-0.1, -0.05) is 63.4 Å². The molecule has 1 aromatic carbocycles. The first-order valence-corrected chi connectivity index (χ1v) is 5.44. The molecule has 0 aliphatic rings. The summed E-state index contributed by atoms with van der Waals surface area (Å²) in [6.45, 7) is 5.24. The minimum Gasteiger partial charge on any atom is -0.463 e. The molecule has 0 atom stereocenters. The van der Waals surface area contributed by atoms with Crippen molar-refractivity contribution in [2.75, 3.05) is 0 Å². The van der Waals surface area contributed by atoms with Crippen molar-refractivity contribution in [3.63, 3.8) is 0 Å². The van der Waals surface area contributed by atoms with E-state index in [1.807, 2.05) is 30.3 Å². The third-order valence-electron chi connectivity index (χ3n) is 1.87. The van der Waals surface area contributed by atoms with Gasteiger partial charge in [0.15, 0.2) is 0 Å². The standard InChI is InChI=1S/C8H8O2.C5H12/c9-7-10-6-8-4-2-1-3-5-8;1-3-5-4-2/h1-5,7H,6H2;3-5H2,1-2H3. The number of ether oxygens (including phenoxy) is 1. The number of benzene rings is 1. The lowest BCUT2D eigenvalue weighted by molar-refractivity contribution is -0.129. The van der Waals surface area contributed by atoms with Crippen LogP contribution in [0.4, 0.5) is 0 Å². The molecule has 0 bridgehead atoms. The molecule has 84 valence electrons. The summed E-state index contributed by atoms with van der Waals surface area (Å²) in [6, 6.07) is 9.55. The number of unbranched alkanes of at least 4 members (excludes halogenated alkanes) is 2. The van der Waals surface area contributed by atoms with Gasteiger partial charge in [-0.15, -0.1) is 0 Å². The predicted octanol–water partition coefficient (Wildman–Crippen LogP) is 3.56. The highest BCUT2D eigenvalue weighted by Gasteiger charge is 1.87. The van der Waals surface area contributed by atoms with E-state index in [1.54, 1.807) is 0 Å². The van der Waals surface area contributed by atoms with Gasteiger partial charge in [0.1, 0.15) is 6.61 Å². The van der Waals surface area contributed by atoms with Gasteiger partial charge >= 0.3 is 0 Å². The van der Waals surface area contributed by atoms with Crippen LogP contribution in [-0.4, -0.2) is 6.47 Å². The van der Waals surface area contributed by atoms with E-state index < -0.39 is 0 Å². The van der Waals surface area contributed by atoms with E-state index in [2.05, 4.69) is 18.6 Å². The maximum atomic E-state index is 9.76. The zero-order valence-corrected chi connectivity index (χ0v) is 9.61. The monoisotopic (exact) mass is 208 g/mol. The van der Waals surface area contributed by atoms with E-state index in [0.29, 0.717) is 13.1 Å². The molecule has 0 saturated heterocycles. The minimum atomic E-state index is 0.365. The van der Waals surface area contributed by atoms with E-state index in [4.69, 9.17) is 0 Å². The molecular weight excluding hydrogens is 188 g/mol. The minimum absolute atomic E-state index is 0.365. The normalized spacial score (nSPS) is 8.67. The fraction of sp³-hybridized carbons (Fsp3) is 0.462. The highest BCUT2D eigenvalue weighted by Crippen LogP contribution is 1.98. The first-order valence-electron chi connectivity index (χ1n) is 5.44. The summed E-state index contributed by atoms with van der Waals surface area (Å²) in [5.41, 5.74) is 1.01. The van der Waals surface area contributed by atoms with Crippen molar-refractivity contribution in [1.82, 2.24) is 0 Å². The second-order valence-corrected chi connectivity index (χ2v) is 3.25. The van der Waals surface area contributed by atoms with E-state index in [1.165, 1.54) is 19.3 Å². The van der Waals surface area contributed by atoms with Crippen molar-refractivity contribution in [2.45, 2.75) is 39.7 Å². The highest BCUT2D eigenvalue weighted by molar-refractivity contribution is 5.37. The van der Waals surface area contributed by atoms with E-state index >= 15 is 0 Å². The Morgan fingerprint density at radius 1 is 1.13 bits per heavy atom. The van der Waals surface area contributed by atoms with Crippen molar-refractivity contribution in [3.05, 3.63) is 35.9 Å². The molecule has 0 saturated carbocycles. The Balaban J connectivity index is 0.000000336. The summed E-state index contributed by atoms with van der Waals surface area (Å²) >= 11 is 0. The lowest BCUT2D eigenvalue weighted by Crippen LogP contribution is -1.88. The molecule has 0 N–H and O–H groups in total. The van der Waals surface area contributed by atoms with Crippen LogP contribution in [0.25, 0.3) is 0 Å². The van der Waals surface area contributed by atoms with Gasteiger partial charge in [-0.25, -0.2) is 0 Å². The Morgan fingerprint density at radius 3 is 2.13 bits per heavy atom. The molecule has 0 heterocycles. The summed E-state index contributed by atoms with van der Waals surface area (Å²) in [7, 11) is 0. The van der Waals surface area contributed by atoms with Gasteiger partial charge in [-0.3, -0.25) is 4.79 Å². The van der Waals surface area contributed by atoms with Crippen molar-refractivity contribution in [3.8, 4) is 0 Å². The van der Waals surface area contributed by atoms with Gasteiger partial charge in [0, 0.05) is 0 Å². The van der Waals surface area contributed by atoms with Gasteiger partial charge < -0.3 is 4.74 Å². The Bertz CT molecular complexity index is 230. The van der Waals surface area contributed by atoms with Crippen molar-refractivity contribution in [2.24, 2.45) is 0 Å². The highest BCUT2D eigenvalue weighted by atomic mass is 16.5. The molecule has 0 radical (unpaired) electrons. The van der Waals surface area contributed by atoms with Gasteiger partial charge in [-0.05, 0) is 5.56 Å². The van der Waals surface area contributed by atoms with Crippen LogP contribution in [0, 0.1) is 0 Å². The first kappa shape index (κ1) is 13.7. The quantitative estimate of drug-likeness (QED) is 0.692. The summed E-state index contributed by atoms with van der Waals surface area (Å²) < 4.78 is 4.54. The fourth-order valence-electron chi connectivity index (χ4n) is 1.06. The van der Waals surface area contributed by atoms with Crippen molar-refractivity contribution < 1.29 is 9.53 Å². The van der Waals surface area contributed by atoms with Crippen LogP contribution in [-0.2, 0) is 16.1 Å². The Kier molecular flexibility index (Phi) is 9.83. The molecule has 1 aromatic rings. The number of hydrogen-bond donors (Lipinski definition) is 0. The molecular formula is C13H20O2. The molecule has 0 amide bonds. The second kappa shape index (κ2) is 10.8. The molecule has 0 aliphatic carbocycles. The summed E-state index contributed by atoms with van der Waals surface area (Å²) in [4.78, 5) is 9.76. The van der Waals surface area contributed by atoms with Crippen LogP contribution >= 0.6 is 0 Å². The van der Waals surface area contributed by atoms with E-state index in [0.717, 1.165) is 5.56 Å². The zero-order valence-electron chi connectivity index (χ0n) is 9.61. The molecule has 2 heteroatoms. The third kappa shape index (κ3) is 9.01. The van der Waals surface area contributed by atoms with Gasteiger partial charge in [0.25, 0.3) is 6.47 Å². The molecule has 2 nitrogen and oxygen atoms in total. The SMILES string of the molecule is CCCCC.O=COCc1ccccc1. The van der Waals surface area contributed by atoms with Crippen molar-refractivity contribution in [1.29, 1.82) is 0 Å². The van der Waals surface area contributed by atoms with Gasteiger partial charge in [0.05, 0.1) is 0 Å². The van der Waals surface area contributed by atoms with Crippen molar-refractivity contribution >= 4 is 6.47 Å². The van der Waals surface area contributed by atoms with Crippen LogP contribution in [0.15, 0.2) is 30.3 Å². The topological polar surface area (TPSA) is 26.3 Å². The maximum Gasteiger partial charge on any atom is 0.293 e. The summed E-state index contributed by atoms with van der Waals surface area (Å²) in [5, 5.41) is 0. The summed E-state index contributed by atoms with van der Waals surface area (Å²) in [6.07, 6.45) is 4.08. The molecule has 0 unspecified atom stereocenters. The number of carbonyl (C=O) groups excluding carboxylic acids is 1. The van der Waals surface area contributed by atoms with Crippen LogP contribution in [0.5, 0.6) is 0 Å². The number of carbonyl (C=O) groups is 1. The van der Waals surface area contributed by atoms with Crippen LogP contribution in [0.3, 0.4) is 0 Å². The fourth-order valence-corrected chi connectivity index (χ4v) is 1.06. The van der Waals surface area contributed by atoms with Gasteiger partial charge in [0.2, 0.25) is 0 Å². The number of rotatable bonds is 5. The van der Waals surface area contributed by atoms with E-state index in [9.17, 15) is 4.79 Å². The smallest absolute Gasteiger partial charge is 0.293 e. The van der Waals surface area contributed by atoms with E-state index in [-0.39, 0.29) is 0 Å². The maximum absolute atomic E-state index is 9.76. The van der Waals surface area contributed by atoms with Crippen LogP contribution in [0.2, 0.25) is 0 Å². The molecule has 0 spiro atoms. The molecule has 0 fully saturated rings. The Morgan fingerprint density at radius 2 is 1.73 bits per heavy atom. The molecule has 0 aromatic heterocycles. The Labute approximate surface area is 92.3 Å². The van der Waals surface area contributed by atoms with Gasteiger partial charge in [-0.2, -0.15) is 0 Å². The molecule has 1 rings (SSSR count).